The highest BCUT2D eigenvalue weighted by Gasteiger charge is 2.16. The standard InChI is InChI=1S/C8H17NO3.C8H15NO3.2CH4/c2*1-6(10)5-9-7(11)12-8(2,3)4;;/h6,10H,5H2,1-4H3,(H,9,11);5H2,1-4H3,(H,9,11);2*1H4. The van der Waals surface area contributed by atoms with Gasteiger partial charge in [0.1, 0.15) is 17.0 Å². The van der Waals surface area contributed by atoms with Crippen LogP contribution in [0.15, 0.2) is 0 Å². The largest absolute Gasteiger partial charge is 0.444 e. The zero-order valence-corrected chi connectivity index (χ0v) is 16.0. The molecule has 0 heterocycles. The number of rotatable bonds is 4. The van der Waals surface area contributed by atoms with Crippen LogP contribution in [0.3, 0.4) is 0 Å². The number of aliphatic hydroxyl groups excluding tert-OH is 1. The zero-order chi connectivity index (χ0) is 19.6. The van der Waals surface area contributed by atoms with Gasteiger partial charge in [-0.1, -0.05) is 14.9 Å². The van der Waals surface area contributed by atoms with Crippen molar-refractivity contribution in [2.45, 2.75) is 87.5 Å². The second kappa shape index (κ2) is 14.4. The highest BCUT2D eigenvalue weighted by Crippen LogP contribution is 2.06. The monoisotopic (exact) mass is 380 g/mol. The Morgan fingerprint density at radius 3 is 1.50 bits per heavy atom. The first-order valence-electron chi connectivity index (χ1n) is 7.73. The van der Waals surface area contributed by atoms with Crippen molar-refractivity contribution in [3.63, 3.8) is 0 Å². The lowest BCUT2D eigenvalue weighted by molar-refractivity contribution is -0.116. The number of nitrogens with one attached hydrogen (secondary N) is 2. The first kappa shape index (κ1) is 31.9. The van der Waals surface area contributed by atoms with Gasteiger partial charge in [0.2, 0.25) is 0 Å². The van der Waals surface area contributed by atoms with E-state index in [1.54, 1.807) is 48.5 Å². The molecule has 8 nitrogen and oxygen atoms in total. The van der Waals surface area contributed by atoms with Crippen LogP contribution in [0.4, 0.5) is 9.59 Å². The molecule has 158 valence electrons. The molecule has 0 spiro atoms. The van der Waals surface area contributed by atoms with Crippen molar-refractivity contribution >= 4 is 18.0 Å². The Balaban J connectivity index is -0.000000173. The van der Waals surface area contributed by atoms with Crippen LogP contribution in [0.5, 0.6) is 0 Å². The summed E-state index contributed by atoms with van der Waals surface area (Å²) in [5.74, 6) is -0.0964. The fourth-order valence-electron chi connectivity index (χ4n) is 1.06. The summed E-state index contributed by atoms with van der Waals surface area (Å²) in [6, 6.07) is 0. The summed E-state index contributed by atoms with van der Waals surface area (Å²) >= 11 is 0. The summed E-state index contributed by atoms with van der Waals surface area (Å²) in [5.41, 5.74) is -0.996. The van der Waals surface area contributed by atoms with E-state index >= 15 is 0 Å². The number of ether oxygens (including phenoxy) is 2. The van der Waals surface area contributed by atoms with Gasteiger partial charge in [0.25, 0.3) is 0 Å². The Morgan fingerprint density at radius 2 is 1.23 bits per heavy atom. The summed E-state index contributed by atoms with van der Waals surface area (Å²) in [6.07, 6.45) is -1.60. The van der Waals surface area contributed by atoms with Gasteiger partial charge in [0.05, 0.1) is 12.6 Å². The predicted octanol–water partition coefficient (Wildman–Crippen LogP) is 3.26. The SMILES string of the molecule is C.C.CC(=O)CNC(=O)OC(C)(C)C.CC(O)CNC(=O)OC(C)(C)C. The van der Waals surface area contributed by atoms with Gasteiger partial charge in [-0.3, -0.25) is 4.79 Å². The normalized spacial score (nSPS) is 11.3. The molecule has 0 bridgehead atoms. The molecule has 26 heavy (non-hydrogen) atoms. The lowest BCUT2D eigenvalue weighted by Gasteiger charge is -2.19. The maximum Gasteiger partial charge on any atom is 0.408 e. The van der Waals surface area contributed by atoms with Crippen molar-refractivity contribution in [3.05, 3.63) is 0 Å². The second-order valence-corrected chi connectivity index (χ2v) is 7.29. The van der Waals surface area contributed by atoms with E-state index in [0.717, 1.165) is 0 Å². The van der Waals surface area contributed by atoms with Gasteiger partial charge in [-0.15, -0.1) is 0 Å². The Bertz CT molecular complexity index is 409. The quantitative estimate of drug-likeness (QED) is 0.690. The average Bonchev–Trinajstić information content (AvgIpc) is 2.30. The molecule has 0 aliphatic rings. The number of carbonyl (C=O) groups is 3. The molecule has 0 aromatic carbocycles. The molecule has 0 rings (SSSR count). The fourth-order valence-corrected chi connectivity index (χ4v) is 1.06. The Labute approximate surface area is 159 Å². The molecule has 0 saturated carbocycles. The zero-order valence-electron chi connectivity index (χ0n) is 16.0. The molecule has 0 radical (unpaired) electrons. The van der Waals surface area contributed by atoms with Crippen molar-refractivity contribution in [3.8, 4) is 0 Å². The van der Waals surface area contributed by atoms with E-state index in [0.29, 0.717) is 0 Å². The van der Waals surface area contributed by atoms with Gasteiger partial charge >= 0.3 is 12.2 Å². The second-order valence-electron chi connectivity index (χ2n) is 7.29. The third kappa shape index (κ3) is 30.1. The van der Waals surface area contributed by atoms with E-state index in [-0.39, 0.29) is 33.7 Å². The van der Waals surface area contributed by atoms with Crippen molar-refractivity contribution in [1.82, 2.24) is 10.6 Å². The number of hydrogen-bond acceptors (Lipinski definition) is 6. The molecule has 2 amide bonds. The van der Waals surface area contributed by atoms with Gasteiger partial charge in [-0.25, -0.2) is 9.59 Å². The molecule has 0 aromatic rings. The average molecular weight is 381 g/mol. The van der Waals surface area contributed by atoms with Gasteiger partial charge < -0.3 is 25.2 Å². The lowest BCUT2D eigenvalue weighted by atomic mass is 10.2. The van der Waals surface area contributed by atoms with Crippen molar-refractivity contribution in [1.29, 1.82) is 0 Å². The highest BCUT2D eigenvalue weighted by molar-refractivity contribution is 5.81. The molecule has 0 aliphatic carbocycles. The molecule has 8 heteroatoms. The van der Waals surface area contributed by atoms with Gasteiger partial charge in [0.15, 0.2) is 0 Å². The van der Waals surface area contributed by atoms with E-state index in [4.69, 9.17) is 14.6 Å². The van der Waals surface area contributed by atoms with Crippen molar-refractivity contribution < 1.29 is 29.0 Å². The molecule has 0 aromatic heterocycles. The number of Topliss-reactive ketones (excluding diaryl/α,β-unsaturated/α-hetero) is 1. The Hall–Kier alpha value is -1.83. The molecule has 0 saturated heterocycles. The Morgan fingerprint density at radius 1 is 0.885 bits per heavy atom. The topological polar surface area (TPSA) is 114 Å². The smallest absolute Gasteiger partial charge is 0.408 e. The van der Waals surface area contributed by atoms with Crippen LogP contribution in [0.1, 0.15) is 70.2 Å². The van der Waals surface area contributed by atoms with Gasteiger partial charge in [-0.2, -0.15) is 0 Å². The summed E-state index contributed by atoms with van der Waals surface area (Å²) in [4.78, 5) is 32.2. The number of amides is 2. The minimum absolute atomic E-state index is 0. The van der Waals surface area contributed by atoms with E-state index < -0.39 is 29.5 Å². The van der Waals surface area contributed by atoms with E-state index in [1.165, 1.54) is 6.92 Å². The number of aliphatic hydroxyl groups is 1. The molecular weight excluding hydrogens is 340 g/mol. The third-order valence-corrected chi connectivity index (χ3v) is 1.82. The van der Waals surface area contributed by atoms with Crippen LogP contribution in [-0.2, 0) is 14.3 Å². The first-order valence-corrected chi connectivity index (χ1v) is 7.73. The number of hydrogen-bond donors (Lipinski definition) is 3. The Kier molecular flexibility index (Phi) is 17.6. The molecule has 1 atom stereocenters. The minimum Gasteiger partial charge on any atom is -0.444 e. The number of alkyl carbamates (subject to hydrolysis) is 2. The van der Waals surface area contributed by atoms with Crippen LogP contribution >= 0.6 is 0 Å². The number of ketones is 1. The molecule has 0 aliphatic heterocycles. The van der Waals surface area contributed by atoms with Crippen molar-refractivity contribution in [2.24, 2.45) is 0 Å². The third-order valence-electron chi connectivity index (χ3n) is 1.82. The van der Waals surface area contributed by atoms with E-state index in [2.05, 4.69) is 10.6 Å². The van der Waals surface area contributed by atoms with Crippen LogP contribution in [0, 0.1) is 0 Å². The lowest BCUT2D eigenvalue weighted by Crippen LogP contribution is -2.36. The van der Waals surface area contributed by atoms with Crippen LogP contribution in [-0.4, -0.2) is 53.5 Å². The molecular formula is C18H40N2O6. The fraction of sp³-hybridized carbons (Fsp3) is 0.833. The molecule has 1 unspecified atom stereocenters. The summed E-state index contributed by atoms with van der Waals surface area (Å²) < 4.78 is 9.81. The predicted molar refractivity (Wildman–Crippen MR) is 104 cm³/mol. The highest BCUT2D eigenvalue weighted by atomic mass is 16.6. The van der Waals surface area contributed by atoms with Crippen molar-refractivity contribution in [2.75, 3.05) is 13.1 Å². The summed E-state index contributed by atoms with van der Waals surface area (Å²) in [5, 5.41) is 13.6. The van der Waals surface area contributed by atoms with Gasteiger partial charge in [0, 0.05) is 6.54 Å². The first-order chi connectivity index (χ1) is 10.6. The van der Waals surface area contributed by atoms with E-state index in [1.807, 2.05) is 0 Å². The summed E-state index contributed by atoms with van der Waals surface area (Å²) in [6.45, 7) is 13.9. The van der Waals surface area contributed by atoms with E-state index in [9.17, 15) is 14.4 Å². The van der Waals surface area contributed by atoms with Crippen LogP contribution in [0.25, 0.3) is 0 Å². The van der Waals surface area contributed by atoms with Crippen LogP contribution in [0.2, 0.25) is 0 Å². The number of carbonyl (C=O) groups excluding carboxylic acids is 3. The molecule has 3 N–H and O–H groups in total. The maximum atomic E-state index is 10.9. The minimum atomic E-state index is -0.558. The maximum absolute atomic E-state index is 10.9. The van der Waals surface area contributed by atoms with Gasteiger partial charge in [-0.05, 0) is 55.4 Å². The van der Waals surface area contributed by atoms with Crippen LogP contribution < -0.4 is 10.6 Å². The molecule has 0 fully saturated rings. The summed E-state index contributed by atoms with van der Waals surface area (Å²) in [7, 11) is 0.